The van der Waals surface area contributed by atoms with Crippen LogP contribution in [0.5, 0.6) is 0 Å². The summed E-state index contributed by atoms with van der Waals surface area (Å²) in [5, 5.41) is 3.45. The maximum Gasteiger partial charge on any atom is 0.244 e. The Hall–Kier alpha value is -2.29. The quantitative estimate of drug-likeness (QED) is 0.446. The van der Waals surface area contributed by atoms with Crippen molar-refractivity contribution in [1.29, 1.82) is 0 Å². The third kappa shape index (κ3) is 7.60. The summed E-state index contributed by atoms with van der Waals surface area (Å²) in [5.41, 5.74) is 1.76. The maximum atomic E-state index is 13.7. The van der Waals surface area contributed by atoms with Gasteiger partial charge in [0.1, 0.15) is 12.6 Å². The Balaban J connectivity index is 2.49. The molecule has 2 aromatic rings. The molecule has 0 radical (unpaired) electrons. The van der Waals surface area contributed by atoms with Gasteiger partial charge in [0.25, 0.3) is 0 Å². The van der Waals surface area contributed by atoms with Gasteiger partial charge in [-0.2, -0.15) is 0 Å². The van der Waals surface area contributed by atoms with Crippen molar-refractivity contribution in [1.82, 2.24) is 10.2 Å². The van der Waals surface area contributed by atoms with E-state index in [0.29, 0.717) is 34.3 Å². The van der Waals surface area contributed by atoms with E-state index in [9.17, 15) is 18.0 Å². The average molecular weight is 557 g/mol. The molecular weight excluding hydrogens is 521 g/mol. The Morgan fingerprint density at radius 1 is 1.00 bits per heavy atom. The zero-order valence-corrected chi connectivity index (χ0v) is 24.0. The molecule has 0 saturated heterocycles. The molecule has 0 bridgehead atoms. The van der Waals surface area contributed by atoms with Crippen LogP contribution in [0.3, 0.4) is 0 Å². The molecule has 0 aliphatic heterocycles. The average Bonchev–Trinajstić information content (AvgIpc) is 2.78. The van der Waals surface area contributed by atoms with Gasteiger partial charge in [0.05, 0.1) is 11.9 Å². The van der Waals surface area contributed by atoms with Crippen LogP contribution in [0.15, 0.2) is 42.5 Å². The Kier molecular flexibility index (Phi) is 10.2. The molecule has 10 heteroatoms. The number of anilines is 1. The van der Waals surface area contributed by atoms with E-state index in [2.05, 4.69) is 26.1 Å². The third-order valence-corrected chi connectivity index (χ3v) is 7.68. The van der Waals surface area contributed by atoms with Crippen molar-refractivity contribution in [3.8, 4) is 0 Å². The number of likely N-dealkylation sites (N-methyl/N-ethyl adjacent to an activating group) is 1. The number of sulfonamides is 1. The standard InChI is InChI=1S/C26H35Cl2N3O4S/c1-7-23(25(33)29-8-2)30(16-20-21(27)10-9-11-22(20)28)24(32)17-31(36(6,34)35)19-14-12-18(13-15-19)26(3,4)5/h9-15,23H,7-8,16-17H2,1-6H3,(H,29,33). The number of amides is 2. The van der Waals surface area contributed by atoms with Gasteiger partial charge in [-0.3, -0.25) is 13.9 Å². The van der Waals surface area contributed by atoms with E-state index in [0.717, 1.165) is 16.1 Å². The van der Waals surface area contributed by atoms with Crippen molar-refractivity contribution >= 4 is 50.7 Å². The number of carbonyl (C=O) groups excluding carboxylic acids is 2. The van der Waals surface area contributed by atoms with Crippen LogP contribution in [-0.4, -0.2) is 50.5 Å². The highest BCUT2D eigenvalue weighted by atomic mass is 35.5. The van der Waals surface area contributed by atoms with E-state index < -0.39 is 28.5 Å². The van der Waals surface area contributed by atoms with Crippen LogP contribution in [-0.2, 0) is 31.6 Å². The fourth-order valence-electron chi connectivity index (χ4n) is 3.81. The van der Waals surface area contributed by atoms with Crippen LogP contribution in [0.1, 0.15) is 52.2 Å². The maximum absolute atomic E-state index is 13.7. The summed E-state index contributed by atoms with van der Waals surface area (Å²) in [7, 11) is -3.81. The molecule has 0 aromatic heterocycles. The molecule has 198 valence electrons. The number of nitrogens with one attached hydrogen (secondary N) is 1. The normalized spacial score (nSPS) is 12.7. The molecule has 0 aliphatic rings. The van der Waals surface area contributed by atoms with Crippen LogP contribution in [0, 0.1) is 0 Å². The van der Waals surface area contributed by atoms with Gasteiger partial charge in [-0.15, -0.1) is 0 Å². The van der Waals surface area contributed by atoms with E-state index in [1.54, 1.807) is 44.2 Å². The highest BCUT2D eigenvalue weighted by molar-refractivity contribution is 7.92. The van der Waals surface area contributed by atoms with Gasteiger partial charge in [-0.1, -0.05) is 69.1 Å². The van der Waals surface area contributed by atoms with Crippen LogP contribution < -0.4 is 9.62 Å². The second-order valence-corrected chi connectivity index (χ2v) is 12.3. The predicted molar refractivity (Wildman–Crippen MR) is 147 cm³/mol. The highest BCUT2D eigenvalue weighted by Gasteiger charge is 2.32. The third-order valence-electron chi connectivity index (χ3n) is 5.83. The zero-order chi connectivity index (χ0) is 27.3. The van der Waals surface area contributed by atoms with Crippen molar-refractivity contribution < 1.29 is 18.0 Å². The van der Waals surface area contributed by atoms with Gasteiger partial charge in [0.15, 0.2) is 0 Å². The number of hydrogen-bond acceptors (Lipinski definition) is 4. The zero-order valence-electron chi connectivity index (χ0n) is 21.6. The summed E-state index contributed by atoms with van der Waals surface area (Å²) in [4.78, 5) is 27.9. The Bertz CT molecular complexity index is 1160. The van der Waals surface area contributed by atoms with E-state index >= 15 is 0 Å². The number of nitrogens with zero attached hydrogens (tertiary/aromatic N) is 2. The summed E-state index contributed by atoms with van der Waals surface area (Å²) >= 11 is 12.7. The number of carbonyl (C=O) groups is 2. The van der Waals surface area contributed by atoms with Crippen molar-refractivity contribution in [3.63, 3.8) is 0 Å². The SMILES string of the molecule is CCNC(=O)C(CC)N(Cc1c(Cl)cccc1Cl)C(=O)CN(c1ccc(C(C)(C)C)cc1)S(C)(=O)=O. The van der Waals surface area contributed by atoms with Gasteiger partial charge in [-0.05, 0) is 48.6 Å². The summed E-state index contributed by atoms with van der Waals surface area (Å²) in [5.74, 6) is -0.883. The first kappa shape index (κ1) is 29.9. The Labute approximate surface area is 224 Å². The molecule has 2 aromatic carbocycles. The lowest BCUT2D eigenvalue weighted by molar-refractivity contribution is -0.140. The lowest BCUT2D eigenvalue weighted by atomic mass is 9.87. The molecule has 0 heterocycles. The largest absolute Gasteiger partial charge is 0.355 e. The van der Waals surface area contributed by atoms with E-state index in [1.165, 1.54) is 4.90 Å². The molecular formula is C26H35Cl2N3O4S. The van der Waals surface area contributed by atoms with E-state index in [4.69, 9.17) is 23.2 Å². The molecule has 0 aliphatic carbocycles. The summed E-state index contributed by atoms with van der Waals surface area (Å²) in [6, 6.07) is 11.2. The van der Waals surface area contributed by atoms with Gasteiger partial charge < -0.3 is 10.2 Å². The number of benzene rings is 2. The molecule has 2 amide bonds. The van der Waals surface area contributed by atoms with E-state index in [-0.39, 0.29) is 17.9 Å². The Morgan fingerprint density at radius 3 is 2.00 bits per heavy atom. The van der Waals surface area contributed by atoms with Gasteiger partial charge in [-0.25, -0.2) is 8.42 Å². The fraction of sp³-hybridized carbons (Fsp3) is 0.462. The first-order valence-corrected chi connectivity index (χ1v) is 14.4. The summed E-state index contributed by atoms with van der Waals surface area (Å²) < 4.78 is 26.5. The second kappa shape index (κ2) is 12.3. The second-order valence-electron chi connectivity index (χ2n) is 9.61. The number of rotatable bonds is 10. The Morgan fingerprint density at radius 2 is 1.56 bits per heavy atom. The van der Waals surface area contributed by atoms with E-state index in [1.807, 2.05) is 12.1 Å². The first-order chi connectivity index (χ1) is 16.7. The summed E-state index contributed by atoms with van der Waals surface area (Å²) in [6.07, 6.45) is 1.37. The number of hydrogen-bond donors (Lipinski definition) is 1. The molecule has 7 nitrogen and oxygen atoms in total. The smallest absolute Gasteiger partial charge is 0.244 e. The molecule has 1 atom stereocenters. The first-order valence-electron chi connectivity index (χ1n) is 11.8. The minimum absolute atomic E-state index is 0.0481. The minimum Gasteiger partial charge on any atom is -0.355 e. The van der Waals surface area contributed by atoms with Crippen LogP contribution >= 0.6 is 23.2 Å². The molecule has 0 fully saturated rings. The predicted octanol–water partition coefficient (Wildman–Crippen LogP) is 5.00. The molecule has 1 N–H and O–H groups in total. The van der Waals surface area contributed by atoms with Crippen molar-refractivity contribution in [3.05, 3.63) is 63.6 Å². The topological polar surface area (TPSA) is 86.8 Å². The molecule has 2 rings (SSSR count). The van der Waals surface area contributed by atoms with Crippen molar-refractivity contribution in [2.75, 3.05) is 23.7 Å². The van der Waals surface area contributed by atoms with Gasteiger partial charge in [0.2, 0.25) is 21.8 Å². The molecule has 1 unspecified atom stereocenters. The molecule has 0 saturated carbocycles. The van der Waals surface area contributed by atoms with Crippen molar-refractivity contribution in [2.24, 2.45) is 0 Å². The van der Waals surface area contributed by atoms with Gasteiger partial charge in [0, 0.05) is 28.7 Å². The number of halogens is 2. The lowest BCUT2D eigenvalue weighted by Gasteiger charge is -2.33. The van der Waals surface area contributed by atoms with Crippen LogP contribution in [0.25, 0.3) is 0 Å². The van der Waals surface area contributed by atoms with Crippen molar-refractivity contribution in [2.45, 2.75) is 59.0 Å². The fourth-order valence-corrected chi connectivity index (χ4v) is 5.17. The highest BCUT2D eigenvalue weighted by Crippen LogP contribution is 2.29. The van der Waals surface area contributed by atoms with Gasteiger partial charge >= 0.3 is 0 Å². The van der Waals surface area contributed by atoms with Crippen LogP contribution in [0.2, 0.25) is 10.0 Å². The van der Waals surface area contributed by atoms with Crippen LogP contribution in [0.4, 0.5) is 5.69 Å². The molecule has 0 spiro atoms. The lowest BCUT2D eigenvalue weighted by Crippen LogP contribution is -2.52. The summed E-state index contributed by atoms with van der Waals surface area (Å²) in [6.45, 7) is 9.61. The minimum atomic E-state index is -3.81. The molecule has 36 heavy (non-hydrogen) atoms. The monoisotopic (exact) mass is 555 g/mol.